The Morgan fingerprint density at radius 2 is 0.909 bits per heavy atom. The minimum Gasteiger partial charge on any atom is -0.394 e. The van der Waals surface area contributed by atoms with Gasteiger partial charge in [0.15, 0.2) is 0 Å². The van der Waals surface area contributed by atoms with E-state index in [-0.39, 0.29) is 13.2 Å². The molecular formula is C19H41NO2. The van der Waals surface area contributed by atoms with Crippen molar-refractivity contribution in [3.05, 3.63) is 0 Å². The SMILES string of the molecule is CCCCCCCCCCCCCCCCC(N)(CO)CO. The van der Waals surface area contributed by atoms with Crippen molar-refractivity contribution in [3.63, 3.8) is 0 Å². The van der Waals surface area contributed by atoms with Crippen LogP contribution in [0.4, 0.5) is 0 Å². The van der Waals surface area contributed by atoms with E-state index >= 15 is 0 Å². The molecule has 0 aromatic heterocycles. The Labute approximate surface area is 138 Å². The molecule has 0 fully saturated rings. The third kappa shape index (κ3) is 13.5. The Kier molecular flexibility index (Phi) is 15.7. The average molecular weight is 316 g/mol. The zero-order valence-corrected chi connectivity index (χ0v) is 15.0. The summed E-state index contributed by atoms with van der Waals surface area (Å²) in [4.78, 5) is 0. The Bertz CT molecular complexity index is 217. The smallest absolute Gasteiger partial charge is 0.0633 e. The van der Waals surface area contributed by atoms with Crippen molar-refractivity contribution in [1.29, 1.82) is 0 Å². The van der Waals surface area contributed by atoms with Crippen LogP contribution in [0.5, 0.6) is 0 Å². The molecule has 3 heteroatoms. The molecule has 0 aromatic carbocycles. The molecule has 0 aliphatic heterocycles. The molecule has 22 heavy (non-hydrogen) atoms. The summed E-state index contributed by atoms with van der Waals surface area (Å²) in [5.74, 6) is 0. The predicted octanol–water partition coefficient (Wildman–Crippen LogP) is 4.54. The van der Waals surface area contributed by atoms with Gasteiger partial charge < -0.3 is 15.9 Å². The van der Waals surface area contributed by atoms with E-state index in [4.69, 9.17) is 15.9 Å². The highest BCUT2D eigenvalue weighted by atomic mass is 16.3. The maximum absolute atomic E-state index is 9.10. The second-order valence-electron chi connectivity index (χ2n) is 7.02. The molecule has 0 heterocycles. The molecule has 0 rings (SSSR count). The van der Waals surface area contributed by atoms with Crippen molar-refractivity contribution in [2.45, 2.75) is 109 Å². The molecule has 0 bridgehead atoms. The van der Waals surface area contributed by atoms with Crippen LogP contribution < -0.4 is 5.73 Å². The maximum atomic E-state index is 9.10. The van der Waals surface area contributed by atoms with Gasteiger partial charge in [0.1, 0.15) is 0 Å². The van der Waals surface area contributed by atoms with Crippen LogP contribution in [0.25, 0.3) is 0 Å². The quantitative estimate of drug-likeness (QED) is 0.345. The molecule has 4 N–H and O–H groups in total. The fourth-order valence-corrected chi connectivity index (χ4v) is 2.88. The highest BCUT2D eigenvalue weighted by Gasteiger charge is 2.21. The standard InChI is InChI=1S/C19H41NO2/c1-2-3-4-5-6-7-8-9-10-11-12-13-14-15-16-19(20,17-21)18-22/h21-22H,2-18,20H2,1H3. The van der Waals surface area contributed by atoms with Gasteiger partial charge in [-0.3, -0.25) is 0 Å². The number of nitrogens with two attached hydrogens (primary N) is 1. The predicted molar refractivity (Wildman–Crippen MR) is 96.0 cm³/mol. The second-order valence-corrected chi connectivity index (χ2v) is 7.02. The van der Waals surface area contributed by atoms with Crippen LogP contribution in [0.3, 0.4) is 0 Å². The molecule has 3 nitrogen and oxygen atoms in total. The zero-order chi connectivity index (χ0) is 16.5. The molecule has 0 saturated heterocycles. The van der Waals surface area contributed by atoms with Crippen molar-refractivity contribution >= 4 is 0 Å². The number of unbranched alkanes of at least 4 members (excludes halogenated alkanes) is 13. The largest absolute Gasteiger partial charge is 0.394 e. The molecule has 0 spiro atoms. The van der Waals surface area contributed by atoms with Gasteiger partial charge >= 0.3 is 0 Å². The van der Waals surface area contributed by atoms with Crippen LogP contribution in [0.1, 0.15) is 103 Å². The number of rotatable bonds is 17. The van der Waals surface area contributed by atoms with Crippen LogP contribution in [0, 0.1) is 0 Å². The highest BCUT2D eigenvalue weighted by molar-refractivity contribution is 4.81. The van der Waals surface area contributed by atoms with Crippen molar-refractivity contribution in [3.8, 4) is 0 Å². The van der Waals surface area contributed by atoms with E-state index in [0.29, 0.717) is 0 Å². The summed E-state index contributed by atoms with van der Waals surface area (Å²) in [5.41, 5.74) is 5.08. The van der Waals surface area contributed by atoms with Gasteiger partial charge in [0.2, 0.25) is 0 Å². The van der Waals surface area contributed by atoms with Crippen molar-refractivity contribution < 1.29 is 10.2 Å². The summed E-state index contributed by atoms with van der Waals surface area (Å²) in [5, 5.41) is 18.2. The number of hydrogen-bond acceptors (Lipinski definition) is 3. The van der Waals surface area contributed by atoms with E-state index in [1.165, 1.54) is 77.0 Å². The van der Waals surface area contributed by atoms with E-state index in [1.807, 2.05) is 0 Å². The lowest BCUT2D eigenvalue weighted by Gasteiger charge is -2.24. The highest BCUT2D eigenvalue weighted by Crippen LogP contribution is 2.15. The molecule has 0 amide bonds. The lowest BCUT2D eigenvalue weighted by molar-refractivity contribution is 0.112. The van der Waals surface area contributed by atoms with Gasteiger partial charge in [-0.15, -0.1) is 0 Å². The van der Waals surface area contributed by atoms with Crippen LogP contribution in [-0.4, -0.2) is 29.0 Å². The first kappa shape index (κ1) is 21.9. The summed E-state index contributed by atoms with van der Waals surface area (Å²) < 4.78 is 0. The first-order valence-corrected chi connectivity index (χ1v) is 9.69. The van der Waals surface area contributed by atoms with E-state index < -0.39 is 5.54 Å². The molecule has 0 aromatic rings. The van der Waals surface area contributed by atoms with Crippen molar-refractivity contribution in [2.24, 2.45) is 5.73 Å². The number of aliphatic hydroxyl groups is 2. The minimum absolute atomic E-state index is 0.123. The summed E-state index contributed by atoms with van der Waals surface area (Å²) in [6.45, 7) is 2.02. The number of hydrogen-bond donors (Lipinski definition) is 3. The van der Waals surface area contributed by atoms with Gasteiger partial charge in [-0.1, -0.05) is 96.8 Å². The van der Waals surface area contributed by atoms with Gasteiger partial charge in [0, 0.05) is 0 Å². The van der Waals surface area contributed by atoms with Gasteiger partial charge in [-0.25, -0.2) is 0 Å². The molecule has 134 valence electrons. The van der Waals surface area contributed by atoms with Gasteiger partial charge in [0.25, 0.3) is 0 Å². The lowest BCUT2D eigenvalue weighted by Crippen LogP contribution is -2.47. The Balaban J connectivity index is 3.14. The monoisotopic (exact) mass is 315 g/mol. The van der Waals surface area contributed by atoms with Crippen LogP contribution in [0.2, 0.25) is 0 Å². The summed E-state index contributed by atoms with van der Waals surface area (Å²) in [6.07, 6.45) is 19.4. The summed E-state index contributed by atoms with van der Waals surface area (Å²) in [7, 11) is 0. The fourth-order valence-electron chi connectivity index (χ4n) is 2.88. The van der Waals surface area contributed by atoms with E-state index in [0.717, 1.165) is 19.3 Å². The van der Waals surface area contributed by atoms with Crippen molar-refractivity contribution in [2.75, 3.05) is 13.2 Å². The van der Waals surface area contributed by atoms with Crippen LogP contribution in [0.15, 0.2) is 0 Å². The van der Waals surface area contributed by atoms with Gasteiger partial charge in [0.05, 0.1) is 18.8 Å². The lowest BCUT2D eigenvalue weighted by atomic mass is 9.94. The minimum atomic E-state index is -0.767. The maximum Gasteiger partial charge on any atom is 0.0633 e. The average Bonchev–Trinajstić information content (AvgIpc) is 2.55. The Hall–Kier alpha value is -0.120. The van der Waals surface area contributed by atoms with Gasteiger partial charge in [-0.05, 0) is 6.42 Å². The normalized spacial score (nSPS) is 12.0. The molecule has 0 radical (unpaired) electrons. The molecule has 0 atom stereocenters. The van der Waals surface area contributed by atoms with Crippen LogP contribution in [-0.2, 0) is 0 Å². The van der Waals surface area contributed by atoms with Crippen LogP contribution >= 0.6 is 0 Å². The van der Waals surface area contributed by atoms with E-state index in [1.54, 1.807) is 0 Å². The Morgan fingerprint density at radius 1 is 0.591 bits per heavy atom. The molecule has 0 aliphatic carbocycles. The van der Waals surface area contributed by atoms with Gasteiger partial charge in [-0.2, -0.15) is 0 Å². The van der Waals surface area contributed by atoms with E-state index in [2.05, 4.69) is 6.92 Å². The molecule has 0 unspecified atom stereocenters. The molecular weight excluding hydrogens is 274 g/mol. The Morgan fingerprint density at radius 3 is 1.23 bits per heavy atom. The summed E-state index contributed by atoms with van der Waals surface area (Å²) >= 11 is 0. The first-order chi connectivity index (χ1) is 10.7. The van der Waals surface area contributed by atoms with E-state index in [9.17, 15) is 0 Å². The number of aliphatic hydroxyl groups excluding tert-OH is 2. The topological polar surface area (TPSA) is 66.5 Å². The molecule has 0 aliphatic rings. The third-order valence-corrected chi connectivity index (χ3v) is 4.66. The first-order valence-electron chi connectivity index (χ1n) is 9.69. The molecule has 0 saturated carbocycles. The third-order valence-electron chi connectivity index (χ3n) is 4.66. The second kappa shape index (κ2) is 15.8. The zero-order valence-electron chi connectivity index (χ0n) is 15.0. The summed E-state index contributed by atoms with van der Waals surface area (Å²) in [6, 6.07) is 0. The van der Waals surface area contributed by atoms with Crippen molar-refractivity contribution in [1.82, 2.24) is 0 Å². The fraction of sp³-hybridized carbons (Fsp3) is 1.00.